The summed E-state index contributed by atoms with van der Waals surface area (Å²) >= 11 is 6.46. The second kappa shape index (κ2) is 8.44. The zero-order valence-electron chi connectivity index (χ0n) is 17.7. The lowest BCUT2D eigenvalue weighted by Crippen LogP contribution is -2.28. The number of aromatic nitrogens is 3. The molecule has 0 aliphatic carbocycles. The molecule has 0 aliphatic rings. The van der Waals surface area contributed by atoms with Gasteiger partial charge in [-0.15, -0.1) is 0 Å². The minimum absolute atomic E-state index is 0.179. The highest BCUT2D eigenvalue weighted by molar-refractivity contribution is 6.34. The van der Waals surface area contributed by atoms with E-state index in [-0.39, 0.29) is 17.8 Å². The number of hydrogen-bond donors (Lipinski definition) is 2. The Morgan fingerprint density at radius 3 is 2.40 bits per heavy atom. The van der Waals surface area contributed by atoms with Gasteiger partial charge in [0.25, 0.3) is 0 Å². The van der Waals surface area contributed by atoms with Crippen LogP contribution in [0.4, 0.5) is 5.95 Å². The maximum absolute atomic E-state index is 12.2. The highest BCUT2D eigenvalue weighted by Crippen LogP contribution is 2.29. The van der Waals surface area contributed by atoms with Gasteiger partial charge in [0.05, 0.1) is 18.1 Å². The second-order valence-electron chi connectivity index (χ2n) is 8.18. The quantitative estimate of drug-likeness (QED) is 0.461. The van der Waals surface area contributed by atoms with Crippen LogP contribution in [0.1, 0.15) is 48.0 Å². The minimum atomic E-state index is -0.564. The van der Waals surface area contributed by atoms with E-state index in [2.05, 4.69) is 20.3 Å². The van der Waals surface area contributed by atoms with Gasteiger partial charge in [-0.2, -0.15) is 9.97 Å². The molecule has 8 heteroatoms. The van der Waals surface area contributed by atoms with E-state index in [0.29, 0.717) is 16.4 Å². The van der Waals surface area contributed by atoms with Crippen molar-refractivity contribution >= 4 is 40.5 Å². The molecule has 0 spiro atoms. The first-order valence-corrected chi connectivity index (χ1v) is 10.0. The Labute approximate surface area is 180 Å². The molecule has 0 aliphatic heterocycles. The zero-order valence-corrected chi connectivity index (χ0v) is 18.5. The third kappa shape index (κ3) is 4.62. The van der Waals surface area contributed by atoms with Crippen LogP contribution in [0.15, 0.2) is 24.3 Å². The summed E-state index contributed by atoms with van der Waals surface area (Å²) in [5, 5.41) is 3.77. The third-order valence-corrected chi connectivity index (χ3v) is 5.14. The molecule has 0 atom stereocenters. The Bertz CT molecular complexity index is 1100. The highest BCUT2D eigenvalue weighted by Gasteiger charge is 2.23. The number of aromatic amines is 1. The van der Waals surface area contributed by atoms with Crippen molar-refractivity contribution in [2.75, 3.05) is 12.4 Å². The molecule has 0 bridgehead atoms. The molecule has 7 nitrogen and oxygen atoms in total. The van der Waals surface area contributed by atoms with Crippen molar-refractivity contribution < 1.29 is 14.3 Å². The Morgan fingerprint density at radius 2 is 1.80 bits per heavy atom. The number of benzene rings is 1. The average Bonchev–Trinajstić information content (AvgIpc) is 3.00. The highest BCUT2D eigenvalue weighted by atomic mass is 35.5. The first kappa shape index (κ1) is 21.8. The van der Waals surface area contributed by atoms with Gasteiger partial charge in [-0.05, 0) is 43.0 Å². The molecule has 0 saturated carbocycles. The Balaban J connectivity index is 1.82. The lowest BCUT2D eigenvalue weighted by Gasteiger charge is -2.16. The van der Waals surface area contributed by atoms with Crippen molar-refractivity contribution in [3.8, 4) is 0 Å². The van der Waals surface area contributed by atoms with E-state index in [1.54, 1.807) is 12.1 Å². The van der Waals surface area contributed by atoms with Gasteiger partial charge in [-0.1, -0.05) is 44.5 Å². The van der Waals surface area contributed by atoms with Crippen LogP contribution in [-0.4, -0.2) is 33.9 Å². The molecule has 0 radical (unpaired) electrons. The van der Waals surface area contributed by atoms with Crippen LogP contribution in [0.5, 0.6) is 0 Å². The molecular weight excluding hydrogens is 404 g/mol. The van der Waals surface area contributed by atoms with Gasteiger partial charge in [-0.25, -0.2) is 4.79 Å². The number of esters is 1. The minimum Gasteiger partial charge on any atom is -0.465 e. The van der Waals surface area contributed by atoms with Gasteiger partial charge in [0.15, 0.2) is 0 Å². The van der Waals surface area contributed by atoms with Crippen molar-refractivity contribution in [3.63, 3.8) is 0 Å². The van der Waals surface area contributed by atoms with Crippen LogP contribution in [0.2, 0.25) is 5.15 Å². The maximum Gasteiger partial charge on any atom is 0.337 e. The Kier molecular flexibility index (Phi) is 6.12. The van der Waals surface area contributed by atoms with Crippen LogP contribution in [0.3, 0.4) is 0 Å². The van der Waals surface area contributed by atoms with Crippen LogP contribution in [0, 0.1) is 12.3 Å². The number of halogens is 1. The number of anilines is 1. The zero-order chi connectivity index (χ0) is 22.1. The molecule has 2 N–H and O–H groups in total. The largest absolute Gasteiger partial charge is 0.465 e. The number of nitrogens with zero attached hydrogens (tertiary/aromatic N) is 2. The molecule has 3 rings (SSSR count). The van der Waals surface area contributed by atoms with Crippen LogP contribution in [0.25, 0.3) is 11.0 Å². The van der Waals surface area contributed by atoms with E-state index in [0.717, 1.165) is 35.0 Å². The van der Waals surface area contributed by atoms with Crippen molar-refractivity contribution in [2.45, 2.75) is 40.5 Å². The van der Waals surface area contributed by atoms with Gasteiger partial charge in [0, 0.05) is 11.1 Å². The lowest BCUT2D eigenvalue weighted by molar-refractivity contribution is -0.123. The number of ether oxygens (including phenoxy) is 1. The fraction of sp³-hybridized carbons (Fsp3) is 0.364. The topological polar surface area (TPSA) is 97.0 Å². The lowest BCUT2D eigenvalue weighted by atomic mass is 9.96. The monoisotopic (exact) mass is 428 g/mol. The number of hydrogen-bond acceptors (Lipinski definition) is 5. The number of amides is 1. The molecule has 0 unspecified atom stereocenters. The first-order valence-electron chi connectivity index (χ1n) is 9.63. The number of nitrogens with one attached hydrogen (secondary N) is 2. The van der Waals surface area contributed by atoms with E-state index in [4.69, 9.17) is 16.3 Å². The van der Waals surface area contributed by atoms with Crippen LogP contribution in [-0.2, 0) is 22.4 Å². The van der Waals surface area contributed by atoms with E-state index in [1.807, 2.05) is 39.8 Å². The van der Waals surface area contributed by atoms with Crippen LogP contribution < -0.4 is 5.32 Å². The smallest absolute Gasteiger partial charge is 0.337 e. The molecule has 1 aromatic carbocycles. The number of H-pyrrole nitrogens is 1. The summed E-state index contributed by atoms with van der Waals surface area (Å²) in [6, 6.07) is 7.33. The molecule has 0 fully saturated rings. The predicted octanol–water partition coefficient (Wildman–Crippen LogP) is 4.48. The number of aryl methyl sites for hydroxylation is 3. The van der Waals surface area contributed by atoms with Crippen molar-refractivity contribution in [2.24, 2.45) is 5.41 Å². The van der Waals surface area contributed by atoms with E-state index in [1.165, 1.54) is 7.11 Å². The van der Waals surface area contributed by atoms with E-state index >= 15 is 0 Å². The molecule has 2 aromatic heterocycles. The fourth-order valence-electron chi connectivity index (χ4n) is 3.08. The first-order chi connectivity index (χ1) is 14.1. The molecular formula is C22H25ClN4O3. The Morgan fingerprint density at radius 1 is 1.13 bits per heavy atom. The normalized spacial score (nSPS) is 11.5. The number of fused-ring (bicyclic) bond motifs is 1. The summed E-state index contributed by atoms with van der Waals surface area (Å²) in [6.45, 7) is 7.41. The number of rotatable bonds is 5. The van der Waals surface area contributed by atoms with Crippen LogP contribution >= 0.6 is 11.6 Å². The fourth-order valence-corrected chi connectivity index (χ4v) is 3.37. The Hall–Kier alpha value is -2.93. The molecule has 158 valence electrons. The maximum atomic E-state index is 12.2. The summed E-state index contributed by atoms with van der Waals surface area (Å²) < 4.78 is 4.73. The summed E-state index contributed by atoms with van der Waals surface area (Å²) in [5.41, 5.74) is 3.61. The van der Waals surface area contributed by atoms with Crippen molar-refractivity contribution in [3.05, 3.63) is 51.8 Å². The number of carbonyl (C=O) groups excluding carboxylic acids is 2. The summed E-state index contributed by atoms with van der Waals surface area (Å²) in [4.78, 5) is 35.7. The van der Waals surface area contributed by atoms with Gasteiger partial charge in [0.1, 0.15) is 10.8 Å². The standard InChI is InChI=1S/C22H25ClN4O3/c1-12-15(11-8-13-6-9-14(10-7-13)19(28)30-5)16-17(23)25-21(26-18(16)24-12)27-20(29)22(2,3)4/h6-7,9-10H,8,11H2,1-5H3,(H2,24,25,26,27,29). The molecule has 3 aromatic rings. The summed E-state index contributed by atoms with van der Waals surface area (Å²) in [5.74, 6) is -0.359. The predicted molar refractivity (Wildman–Crippen MR) is 117 cm³/mol. The molecule has 2 heterocycles. The number of methoxy groups -OCH3 is 1. The molecule has 0 saturated heterocycles. The number of carbonyl (C=O) groups is 2. The summed E-state index contributed by atoms with van der Waals surface area (Å²) in [7, 11) is 1.36. The van der Waals surface area contributed by atoms with E-state index in [9.17, 15) is 9.59 Å². The van der Waals surface area contributed by atoms with Gasteiger partial charge < -0.3 is 9.72 Å². The second-order valence-corrected chi connectivity index (χ2v) is 8.54. The molecule has 1 amide bonds. The summed E-state index contributed by atoms with van der Waals surface area (Å²) in [6.07, 6.45) is 1.48. The van der Waals surface area contributed by atoms with E-state index < -0.39 is 5.41 Å². The molecule has 30 heavy (non-hydrogen) atoms. The van der Waals surface area contributed by atoms with Crippen molar-refractivity contribution in [1.82, 2.24) is 15.0 Å². The third-order valence-electron chi connectivity index (χ3n) is 4.87. The SMILES string of the molecule is COC(=O)c1ccc(CCc2c(C)[nH]c3nc(NC(=O)C(C)(C)C)nc(Cl)c23)cc1. The van der Waals surface area contributed by atoms with Crippen molar-refractivity contribution in [1.29, 1.82) is 0 Å². The average molecular weight is 429 g/mol. The van der Waals surface area contributed by atoms with Gasteiger partial charge >= 0.3 is 5.97 Å². The van der Waals surface area contributed by atoms with Gasteiger partial charge in [-0.3, -0.25) is 10.1 Å². The van der Waals surface area contributed by atoms with Gasteiger partial charge in [0.2, 0.25) is 11.9 Å².